The molecule has 1 heterocycles. The first-order valence-electron chi connectivity index (χ1n) is 6.56. The molecule has 0 aliphatic heterocycles. The molecule has 0 radical (unpaired) electrons. The number of rotatable bonds is 2. The van der Waals surface area contributed by atoms with E-state index in [4.69, 9.17) is 23.2 Å². The molecule has 0 bridgehead atoms. The summed E-state index contributed by atoms with van der Waals surface area (Å²) in [5.74, 6) is 0.441. The zero-order chi connectivity index (χ0) is 13.2. The lowest BCUT2D eigenvalue weighted by Gasteiger charge is -2.29. The molecule has 1 nitrogen and oxygen atoms in total. The Labute approximate surface area is 123 Å². The van der Waals surface area contributed by atoms with Crippen molar-refractivity contribution in [3.8, 4) is 0 Å². The van der Waals surface area contributed by atoms with Crippen molar-refractivity contribution < 1.29 is 0 Å². The Hall–Kier alpha value is -1.05. The van der Waals surface area contributed by atoms with Gasteiger partial charge < -0.3 is 0 Å². The van der Waals surface area contributed by atoms with Gasteiger partial charge in [-0.2, -0.15) is 0 Å². The third kappa shape index (κ3) is 2.63. The number of pyridine rings is 1. The molecule has 0 saturated heterocycles. The van der Waals surface area contributed by atoms with Crippen LogP contribution in [-0.2, 0) is 12.8 Å². The van der Waals surface area contributed by atoms with Crippen LogP contribution in [0.25, 0.3) is 0 Å². The number of alkyl halides is 1. The summed E-state index contributed by atoms with van der Waals surface area (Å²) in [5.41, 5.74) is 3.82. The van der Waals surface area contributed by atoms with E-state index in [0.717, 1.165) is 29.8 Å². The number of nitrogens with zero attached hydrogens (tertiary/aromatic N) is 1. The summed E-state index contributed by atoms with van der Waals surface area (Å²) in [4.78, 5) is 4.03. The molecular weight excluding hydrogens is 277 g/mol. The number of benzene rings is 1. The Bertz CT molecular complexity index is 582. The minimum atomic E-state index is 0.0779. The van der Waals surface area contributed by atoms with Gasteiger partial charge in [0.1, 0.15) is 0 Å². The molecule has 2 atom stereocenters. The first kappa shape index (κ1) is 13.0. The number of aromatic nitrogens is 1. The lowest BCUT2D eigenvalue weighted by Crippen LogP contribution is -2.19. The number of fused-ring (bicyclic) bond motifs is 1. The highest BCUT2D eigenvalue weighted by Crippen LogP contribution is 2.41. The van der Waals surface area contributed by atoms with Gasteiger partial charge >= 0.3 is 0 Å². The van der Waals surface area contributed by atoms with Gasteiger partial charge in [0, 0.05) is 12.4 Å². The third-order valence-electron chi connectivity index (χ3n) is 3.89. The smallest absolute Gasteiger partial charge is 0.0621 e. The first-order valence-corrected chi connectivity index (χ1v) is 7.37. The van der Waals surface area contributed by atoms with Crippen molar-refractivity contribution in [2.75, 3.05) is 0 Å². The fraction of sp³-hybridized carbons (Fsp3) is 0.312. The third-order valence-corrected chi connectivity index (χ3v) is 4.82. The molecule has 3 rings (SSSR count). The summed E-state index contributed by atoms with van der Waals surface area (Å²) in [6.07, 6.45) is 6.64. The SMILES string of the molecule is Clc1cnccc1CC1CCc2ccccc2C1Cl. The van der Waals surface area contributed by atoms with E-state index in [2.05, 4.69) is 29.2 Å². The second kappa shape index (κ2) is 5.52. The van der Waals surface area contributed by atoms with E-state index in [1.54, 1.807) is 12.4 Å². The van der Waals surface area contributed by atoms with Crippen LogP contribution in [0.2, 0.25) is 5.02 Å². The van der Waals surface area contributed by atoms with Crippen LogP contribution < -0.4 is 0 Å². The molecule has 98 valence electrons. The Morgan fingerprint density at radius 3 is 2.89 bits per heavy atom. The van der Waals surface area contributed by atoms with Gasteiger partial charge in [0.2, 0.25) is 0 Å². The van der Waals surface area contributed by atoms with Gasteiger partial charge in [0.05, 0.1) is 10.4 Å². The van der Waals surface area contributed by atoms with E-state index >= 15 is 0 Å². The molecule has 0 saturated carbocycles. The molecule has 19 heavy (non-hydrogen) atoms. The zero-order valence-corrected chi connectivity index (χ0v) is 12.0. The molecule has 1 aromatic carbocycles. The Balaban J connectivity index is 1.83. The predicted octanol–water partition coefficient (Wildman–Crippen LogP) is 4.82. The molecule has 0 N–H and O–H groups in total. The van der Waals surface area contributed by atoms with Crippen LogP contribution in [-0.4, -0.2) is 4.98 Å². The molecular formula is C16H15Cl2N. The van der Waals surface area contributed by atoms with Crippen LogP contribution in [0.3, 0.4) is 0 Å². The normalized spacial score (nSPS) is 22.0. The molecule has 2 aromatic rings. The van der Waals surface area contributed by atoms with Crippen LogP contribution in [0.1, 0.15) is 28.5 Å². The van der Waals surface area contributed by atoms with Crippen molar-refractivity contribution in [1.29, 1.82) is 0 Å². The van der Waals surface area contributed by atoms with Crippen molar-refractivity contribution in [1.82, 2.24) is 4.98 Å². The maximum Gasteiger partial charge on any atom is 0.0621 e. The second-order valence-electron chi connectivity index (χ2n) is 5.07. The molecule has 2 unspecified atom stereocenters. The Morgan fingerprint density at radius 1 is 1.21 bits per heavy atom. The highest BCUT2D eigenvalue weighted by atomic mass is 35.5. The van der Waals surface area contributed by atoms with E-state index in [-0.39, 0.29) is 5.38 Å². The quantitative estimate of drug-likeness (QED) is 0.723. The highest BCUT2D eigenvalue weighted by Gasteiger charge is 2.28. The molecule has 1 aromatic heterocycles. The van der Waals surface area contributed by atoms with Gasteiger partial charge in [0.25, 0.3) is 0 Å². The van der Waals surface area contributed by atoms with Gasteiger partial charge in [0.15, 0.2) is 0 Å². The summed E-state index contributed by atoms with van der Waals surface area (Å²) in [5, 5.41) is 0.819. The van der Waals surface area contributed by atoms with Crippen LogP contribution in [0, 0.1) is 5.92 Å². The van der Waals surface area contributed by atoms with Gasteiger partial charge in [-0.05, 0) is 47.9 Å². The summed E-state index contributed by atoms with van der Waals surface area (Å²) in [6, 6.07) is 10.5. The number of aryl methyl sites for hydroxylation is 1. The van der Waals surface area contributed by atoms with Crippen LogP contribution in [0.15, 0.2) is 42.7 Å². The fourth-order valence-corrected chi connectivity index (χ4v) is 3.45. The second-order valence-corrected chi connectivity index (χ2v) is 5.95. The highest BCUT2D eigenvalue weighted by molar-refractivity contribution is 6.31. The van der Waals surface area contributed by atoms with Crippen LogP contribution in [0.4, 0.5) is 0 Å². The first-order chi connectivity index (χ1) is 9.25. The van der Waals surface area contributed by atoms with E-state index < -0.39 is 0 Å². The number of halogens is 2. The molecule has 1 aliphatic carbocycles. The topological polar surface area (TPSA) is 12.9 Å². The van der Waals surface area contributed by atoms with Gasteiger partial charge in [-0.15, -0.1) is 11.6 Å². The molecule has 0 fully saturated rings. The maximum atomic E-state index is 6.66. The summed E-state index contributed by atoms with van der Waals surface area (Å²) in [6.45, 7) is 0. The van der Waals surface area contributed by atoms with E-state index in [1.807, 2.05) is 6.07 Å². The lowest BCUT2D eigenvalue weighted by atomic mass is 9.80. The largest absolute Gasteiger partial charge is 0.263 e. The van der Waals surface area contributed by atoms with Crippen molar-refractivity contribution in [3.05, 3.63) is 64.4 Å². The van der Waals surface area contributed by atoms with E-state index in [0.29, 0.717) is 5.92 Å². The van der Waals surface area contributed by atoms with Gasteiger partial charge in [-0.3, -0.25) is 4.98 Å². The average Bonchev–Trinajstić information content (AvgIpc) is 2.44. The van der Waals surface area contributed by atoms with Crippen molar-refractivity contribution >= 4 is 23.2 Å². The Kier molecular flexibility index (Phi) is 3.76. The van der Waals surface area contributed by atoms with Crippen molar-refractivity contribution in [2.45, 2.75) is 24.6 Å². The van der Waals surface area contributed by atoms with Crippen molar-refractivity contribution in [2.24, 2.45) is 5.92 Å². The summed E-state index contributed by atoms with van der Waals surface area (Å²) < 4.78 is 0. The zero-order valence-electron chi connectivity index (χ0n) is 10.5. The fourth-order valence-electron chi connectivity index (χ4n) is 2.83. The van der Waals surface area contributed by atoms with Gasteiger partial charge in [-0.25, -0.2) is 0 Å². The van der Waals surface area contributed by atoms with E-state index in [9.17, 15) is 0 Å². The number of hydrogen-bond donors (Lipinski definition) is 0. The van der Waals surface area contributed by atoms with Crippen LogP contribution in [0.5, 0.6) is 0 Å². The van der Waals surface area contributed by atoms with E-state index in [1.165, 1.54) is 11.1 Å². The monoisotopic (exact) mass is 291 g/mol. The maximum absolute atomic E-state index is 6.66. The standard InChI is InChI=1S/C16H15Cl2N/c17-15-10-19-8-7-12(15)9-13-6-5-11-3-1-2-4-14(11)16(13)18/h1-4,7-8,10,13,16H,5-6,9H2. The number of hydrogen-bond acceptors (Lipinski definition) is 1. The minimum absolute atomic E-state index is 0.0779. The molecule has 0 amide bonds. The lowest BCUT2D eigenvalue weighted by molar-refractivity contribution is 0.442. The Morgan fingerprint density at radius 2 is 2.05 bits per heavy atom. The van der Waals surface area contributed by atoms with Crippen molar-refractivity contribution in [3.63, 3.8) is 0 Å². The summed E-state index contributed by atoms with van der Waals surface area (Å²) in [7, 11) is 0. The van der Waals surface area contributed by atoms with Gasteiger partial charge in [-0.1, -0.05) is 35.9 Å². The summed E-state index contributed by atoms with van der Waals surface area (Å²) >= 11 is 12.8. The average molecular weight is 292 g/mol. The molecule has 0 spiro atoms. The predicted molar refractivity (Wildman–Crippen MR) is 79.8 cm³/mol. The molecule has 1 aliphatic rings. The van der Waals surface area contributed by atoms with Crippen LogP contribution >= 0.6 is 23.2 Å². The molecule has 3 heteroatoms. The minimum Gasteiger partial charge on any atom is -0.263 e.